The van der Waals surface area contributed by atoms with E-state index in [0.717, 1.165) is 32.0 Å². The second kappa shape index (κ2) is 5.70. The molecule has 2 aliphatic heterocycles. The maximum Gasteiger partial charge on any atom is 0.320 e. The summed E-state index contributed by atoms with van der Waals surface area (Å²) in [6, 6.07) is 0.138. The highest BCUT2D eigenvalue weighted by atomic mass is 32.1. The summed E-state index contributed by atoms with van der Waals surface area (Å²) in [6.07, 6.45) is 1.78. The lowest BCUT2D eigenvalue weighted by Crippen LogP contribution is -2.54. The van der Waals surface area contributed by atoms with Gasteiger partial charge in [-0.2, -0.15) is 8.75 Å². The van der Waals surface area contributed by atoms with Gasteiger partial charge in [0.1, 0.15) is 0 Å². The molecule has 0 aliphatic carbocycles. The Hall–Kier alpha value is -1.41. The zero-order valence-corrected chi connectivity index (χ0v) is 11.5. The number of nitrogens with zero attached hydrogens (tertiary/aromatic N) is 5. The van der Waals surface area contributed by atoms with Gasteiger partial charge in [-0.15, -0.1) is 0 Å². The van der Waals surface area contributed by atoms with Crippen LogP contribution in [-0.2, 0) is 4.74 Å². The summed E-state index contributed by atoms with van der Waals surface area (Å²) < 4.78 is 13.5. The van der Waals surface area contributed by atoms with Crippen LogP contribution >= 0.6 is 11.7 Å². The molecule has 8 heteroatoms. The molecular formula is C11H17N5O2S. The Kier molecular flexibility index (Phi) is 3.79. The quantitative estimate of drug-likeness (QED) is 0.732. The van der Waals surface area contributed by atoms with Gasteiger partial charge in [0.25, 0.3) is 0 Å². The van der Waals surface area contributed by atoms with Gasteiger partial charge in [-0.05, 0) is 0 Å². The minimum absolute atomic E-state index is 0.138. The van der Waals surface area contributed by atoms with E-state index < -0.39 is 0 Å². The number of rotatable bonds is 1. The first-order valence-electron chi connectivity index (χ1n) is 6.49. The van der Waals surface area contributed by atoms with E-state index in [9.17, 15) is 4.79 Å². The number of carbonyl (C=O) groups is 1. The summed E-state index contributed by atoms with van der Waals surface area (Å²) in [5.74, 6) is 0.920. The zero-order valence-electron chi connectivity index (χ0n) is 10.7. The molecule has 0 aromatic carbocycles. The van der Waals surface area contributed by atoms with Crippen LogP contribution in [0.5, 0.6) is 0 Å². The van der Waals surface area contributed by atoms with Crippen LogP contribution in [0.3, 0.4) is 0 Å². The molecule has 0 N–H and O–H groups in total. The van der Waals surface area contributed by atoms with Gasteiger partial charge >= 0.3 is 6.03 Å². The second-order valence-corrected chi connectivity index (χ2v) is 5.18. The molecule has 0 radical (unpaired) electrons. The van der Waals surface area contributed by atoms with Crippen molar-refractivity contribution < 1.29 is 9.53 Å². The third-order valence-corrected chi connectivity index (χ3v) is 3.97. The fourth-order valence-corrected chi connectivity index (χ4v) is 2.82. The van der Waals surface area contributed by atoms with Gasteiger partial charge in [-0.3, -0.25) is 0 Å². The van der Waals surface area contributed by atoms with Gasteiger partial charge in [0, 0.05) is 39.3 Å². The number of amides is 2. The Bertz CT molecular complexity index is 413. The highest BCUT2D eigenvalue weighted by Gasteiger charge is 2.26. The minimum atomic E-state index is 0.138. The van der Waals surface area contributed by atoms with Gasteiger partial charge in [-0.1, -0.05) is 0 Å². The Balaban J connectivity index is 1.53. The molecule has 3 rings (SSSR count). The average Bonchev–Trinajstić information content (AvgIpc) is 3.02. The molecule has 1 aromatic heterocycles. The molecule has 2 amide bonds. The van der Waals surface area contributed by atoms with E-state index in [-0.39, 0.29) is 6.03 Å². The highest BCUT2D eigenvalue weighted by Crippen LogP contribution is 2.14. The predicted octanol–water partition coefficient (Wildman–Crippen LogP) is 0.112. The fourth-order valence-electron chi connectivity index (χ4n) is 2.38. The largest absolute Gasteiger partial charge is 0.378 e. The number of carbonyl (C=O) groups excluding carboxylic acids is 1. The van der Waals surface area contributed by atoms with Crippen LogP contribution in [0.2, 0.25) is 0 Å². The topological polar surface area (TPSA) is 61.8 Å². The Morgan fingerprint density at radius 3 is 2.42 bits per heavy atom. The molecule has 19 heavy (non-hydrogen) atoms. The lowest BCUT2D eigenvalue weighted by atomic mass is 10.3. The number of aromatic nitrogens is 2. The van der Waals surface area contributed by atoms with Crippen molar-refractivity contribution in [3.63, 3.8) is 0 Å². The normalized spacial score (nSPS) is 20.7. The first kappa shape index (κ1) is 12.6. The Morgan fingerprint density at radius 2 is 1.79 bits per heavy atom. The van der Waals surface area contributed by atoms with Crippen LogP contribution in [-0.4, -0.2) is 77.1 Å². The standard InChI is InChI=1S/C11H17N5O2S/c17-11(16-5-7-18-8-6-16)15-3-1-14(2-4-15)10-9-12-19-13-10/h9H,1-8H2. The van der Waals surface area contributed by atoms with Crippen molar-refractivity contribution in [3.8, 4) is 0 Å². The minimum Gasteiger partial charge on any atom is -0.378 e. The number of piperazine rings is 1. The van der Waals surface area contributed by atoms with Crippen LogP contribution in [0, 0.1) is 0 Å². The molecule has 2 fully saturated rings. The van der Waals surface area contributed by atoms with Crippen LogP contribution in [0.15, 0.2) is 6.20 Å². The van der Waals surface area contributed by atoms with Crippen molar-refractivity contribution in [1.82, 2.24) is 18.5 Å². The maximum atomic E-state index is 12.3. The van der Waals surface area contributed by atoms with E-state index in [1.165, 1.54) is 11.7 Å². The van der Waals surface area contributed by atoms with Crippen molar-refractivity contribution in [2.75, 3.05) is 57.4 Å². The number of morpholine rings is 1. The second-order valence-electron chi connectivity index (χ2n) is 4.62. The number of hydrogen-bond acceptors (Lipinski definition) is 6. The SMILES string of the molecule is O=C(N1CCOCC1)N1CCN(c2cnsn2)CC1. The average molecular weight is 283 g/mol. The van der Waals surface area contributed by atoms with Crippen molar-refractivity contribution in [3.05, 3.63) is 6.20 Å². The van der Waals surface area contributed by atoms with Crippen LogP contribution in [0.1, 0.15) is 0 Å². The van der Waals surface area contributed by atoms with E-state index in [0.29, 0.717) is 26.3 Å². The molecule has 2 aliphatic rings. The summed E-state index contributed by atoms with van der Waals surface area (Å²) in [4.78, 5) is 18.3. The lowest BCUT2D eigenvalue weighted by Gasteiger charge is -2.38. The van der Waals surface area contributed by atoms with E-state index in [4.69, 9.17) is 4.74 Å². The highest BCUT2D eigenvalue weighted by molar-refractivity contribution is 6.99. The molecule has 0 unspecified atom stereocenters. The molecule has 2 saturated heterocycles. The molecule has 0 atom stereocenters. The molecule has 0 bridgehead atoms. The Morgan fingerprint density at radius 1 is 1.11 bits per heavy atom. The molecule has 0 spiro atoms. The molecular weight excluding hydrogens is 266 g/mol. The van der Waals surface area contributed by atoms with E-state index in [1.807, 2.05) is 9.80 Å². The van der Waals surface area contributed by atoms with Crippen molar-refractivity contribution in [2.24, 2.45) is 0 Å². The number of anilines is 1. The third kappa shape index (κ3) is 2.79. The third-order valence-electron chi connectivity index (χ3n) is 3.51. The van der Waals surface area contributed by atoms with Crippen molar-refractivity contribution in [1.29, 1.82) is 0 Å². The van der Waals surface area contributed by atoms with Gasteiger partial charge in [0.05, 0.1) is 31.1 Å². The molecule has 104 valence electrons. The summed E-state index contributed by atoms with van der Waals surface area (Å²) in [5.41, 5.74) is 0. The predicted molar refractivity (Wildman–Crippen MR) is 71.5 cm³/mol. The van der Waals surface area contributed by atoms with Crippen LogP contribution < -0.4 is 4.90 Å². The summed E-state index contributed by atoms with van der Waals surface area (Å²) in [7, 11) is 0. The number of urea groups is 1. The van der Waals surface area contributed by atoms with Crippen LogP contribution in [0.4, 0.5) is 10.6 Å². The molecule has 0 saturated carbocycles. The maximum absolute atomic E-state index is 12.3. The van der Waals surface area contributed by atoms with Gasteiger partial charge in [0.15, 0.2) is 5.82 Å². The fraction of sp³-hybridized carbons (Fsp3) is 0.727. The van der Waals surface area contributed by atoms with E-state index in [1.54, 1.807) is 6.20 Å². The molecule has 7 nitrogen and oxygen atoms in total. The summed E-state index contributed by atoms with van der Waals surface area (Å²) >= 11 is 1.22. The summed E-state index contributed by atoms with van der Waals surface area (Å²) in [6.45, 7) is 5.83. The van der Waals surface area contributed by atoms with Gasteiger partial charge in [0.2, 0.25) is 0 Å². The Labute approximate surface area is 116 Å². The van der Waals surface area contributed by atoms with Crippen molar-refractivity contribution in [2.45, 2.75) is 0 Å². The number of hydrogen-bond donors (Lipinski definition) is 0. The lowest BCUT2D eigenvalue weighted by molar-refractivity contribution is 0.0428. The monoisotopic (exact) mass is 283 g/mol. The molecule has 1 aromatic rings. The number of ether oxygens (including phenoxy) is 1. The van der Waals surface area contributed by atoms with Gasteiger partial charge in [-0.25, -0.2) is 4.79 Å². The zero-order chi connectivity index (χ0) is 13.1. The smallest absolute Gasteiger partial charge is 0.320 e. The van der Waals surface area contributed by atoms with Gasteiger partial charge < -0.3 is 19.4 Å². The van der Waals surface area contributed by atoms with Crippen LogP contribution in [0.25, 0.3) is 0 Å². The van der Waals surface area contributed by atoms with Crippen molar-refractivity contribution >= 4 is 23.6 Å². The first-order chi connectivity index (χ1) is 9.34. The molecule has 3 heterocycles. The first-order valence-corrected chi connectivity index (χ1v) is 7.22. The van der Waals surface area contributed by atoms with E-state index >= 15 is 0 Å². The summed E-state index contributed by atoms with van der Waals surface area (Å²) in [5, 5.41) is 0. The van der Waals surface area contributed by atoms with E-state index in [2.05, 4.69) is 13.6 Å².